The molecule has 1 saturated carbocycles. The van der Waals surface area contributed by atoms with Crippen LogP contribution in [0.2, 0.25) is 0 Å². The van der Waals surface area contributed by atoms with Crippen LogP contribution in [-0.4, -0.2) is 18.1 Å². The zero-order chi connectivity index (χ0) is 15.1. The second-order valence-corrected chi connectivity index (χ2v) is 6.16. The van der Waals surface area contributed by atoms with Crippen molar-refractivity contribution < 1.29 is 9.53 Å². The Balaban J connectivity index is 1.98. The quantitative estimate of drug-likeness (QED) is 0.811. The number of benzene rings is 1. The molecule has 1 N–H and O–H groups in total. The summed E-state index contributed by atoms with van der Waals surface area (Å²) in [7, 11) is 0. The molecule has 1 aliphatic rings. The molecule has 0 amide bonds. The Morgan fingerprint density at radius 2 is 1.86 bits per heavy atom. The average Bonchev–Trinajstić information content (AvgIpc) is 2.48. The predicted molar refractivity (Wildman–Crippen MR) is 85.1 cm³/mol. The summed E-state index contributed by atoms with van der Waals surface area (Å²) in [6, 6.07) is 8.58. The van der Waals surface area contributed by atoms with Crippen LogP contribution in [0.5, 0.6) is 0 Å². The van der Waals surface area contributed by atoms with E-state index in [0.717, 1.165) is 19.4 Å². The molecule has 0 unspecified atom stereocenters. The summed E-state index contributed by atoms with van der Waals surface area (Å²) in [5.41, 5.74) is 2.47. The molecule has 0 aromatic heterocycles. The second kappa shape index (κ2) is 7.60. The van der Waals surface area contributed by atoms with E-state index in [2.05, 4.69) is 36.5 Å². The number of aryl methyl sites for hydroxylation is 1. The molecule has 0 spiro atoms. The molecule has 0 aliphatic heterocycles. The molecule has 116 valence electrons. The summed E-state index contributed by atoms with van der Waals surface area (Å²) in [6.07, 6.45) is 6.29. The van der Waals surface area contributed by atoms with Crippen molar-refractivity contribution in [2.75, 3.05) is 6.61 Å². The standard InChI is InChI=1S/C18H27NO2/c1-3-21-17(20)13-18(11-5-4-6-12-18)19-14-16-9-7-15(2)8-10-16/h7-10,19H,3-6,11-14H2,1-2H3. The van der Waals surface area contributed by atoms with E-state index in [1.54, 1.807) is 0 Å². The van der Waals surface area contributed by atoms with Crippen molar-refractivity contribution in [1.82, 2.24) is 5.32 Å². The van der Waals surface area contributed by atoms with E-state index < -0.39 is 0 Å². The Labute approximate surface area is 128 Å². The highest BCUT2D eigenvalue weighted by molar-refractivity contribution is 5.71. The van der Waals surface area contributed by atoms with Gasteiger partial charge in [-0.1, -0.05) is 49.1 Å². The number of carbonyl (C=O) groups is 1. The Bertz CT molecular complexity index is 447. The summed E-state index contributed by atoms with van der Waals surface area (Å²) in [4.78, 5) is 11.9. The summed E-state index contributed by atoms with van der Waals surface area (Å²) < 4.78 is 5.16. The molecule has 1 fully saturated rings. The zero-order valence-corrected chi connectivity index (χ0v) is 13.3. The number of rotatable bonds is 6. The molecule has 0 saturated heterocycles. The largest absolute Gasteiger partial charge is 0.466 e. The molecule has 2 rings (SSSR count). The minimum Gasteiger partial charge on any atom is -0.466 e. The van der Waals surface area contributed by atoms with Gasteiger partial charge >= 0.3 is 5.97 Å². The Morgan fingerprint density at radius 3 is 2.48 bits per heavy atom. The van der Waals surface area contributed by atoms with E-state index in [1.165, 1.54) is 30.4 Å². The topological polar surface area (TPSA) is 38.3 Å². The highest BCUT2D eigenvalue weighted by Gasteiger charge is 2.34. The van der Waals surface area contributed by atoms with Gasteiger partial charge in [0, 0.05) is 12.1 Å². The van der Waals surface area contributed by atoms with Gasteiger partial charge in [-0.25, -0.2) is 0 Å². The molecular weight excluding hydrogens is 262 g/mol. The maximum Gasteiger partial charge on any atom is 0.307 e. The van der Waals surface area contributed by atoms with Crippen LogP contribution >= 0.6 is 0 Å². The van der Waals surface area contributed by atoms with Gasteiger partial charge in [-0.2, -0.15) is 0 Å². The lowest BCUT2D eigenvalue weighted by atomic mass is 9.79. The highest BCUT2D eigenvalue weighted by Crippen LogP contribution is 2.31. The first kappa shape index (κ1) is 16.0. The van der Waals surface area contributed by atoms with Gasteiger partial charge in [-0.3, -0.25) is 4.79 Å². The number of hydrogen-bond donors (Lipinski definition) is 1. The van der Waals surface area contributed by atoms with Crippen LogP contribution in [0, 0.1) is 6.92 Å². The fraction of sp³-hybridized carbons (Fsp3) is 0.611. The number of hydrogen-bond acceptors (Lipinski definition) is 3. The second-order valence-electron chi connectivity index (χ2n) is 6.16. The third kappa shape index (κ3) is 4.85. The number of ether oxygens (including phenoxy) is 1. The fourth-order valence-corrected chi connectivity index (χ4v) is 3.13. The van der Waals surface area contributed by atoms with Crippen LogP contribution in [0.3, 0.4) is 0 Å². The average molecular weight is 289 g/mol. The van der Waals surface area contributed by atoms with Crippen LogP contribution in [0.4, 0.5) is 0 Å². The molecule has 3 nitrogen and oxygen atoms in total. The van der Waals surface area contributed by atoms with E-state index in [-0.39, 0.29) is 11.5 Å². The maximum atomic E-state index is 11.9. The Morgan fingerprint density at radius 1 is 1.19 bits per heavy atom. The van der Waals surface area contributed by atoms with Gasteiger partial charge in [-0.05, 0) is 32.3 Å². The van der Waals surface area contributed by atoms with Crippen LogP contribution < -0.4 is 5.32 Å². The van der Waals surface area contributed by atoms with Crippen molar-refractivity contribution in [2.45, 2.75) is 64.5 Å². The summed E-state index contributed by atoms with van der Waals surface area (Å²) in [5.74, 6) is -0.0733. The number of nitrogens with one attached hydrogen (secondary N) is 1. The molecule has 1 aliphatic carbocycles. The van der Waals surface area contributed by atoms with Gasteiger partial charge < -0.3 is 10.1 Å². The Hall–Kier alpha value is -1.35. The third-order valence-corrected chi connectivity index (χ3v) is 4.39. The molecule has 1 aromatic carbocycles. The first-order chi connectivity index (χ1) is 10.1. The first-order valence-electron chi connectivity index (χ1n) is 8.10. The lowest BCUT2D eigenvalue weighted by Gasteiger charge is -2.37. The van der Waals surface area contributed by atoms with Gasteiger partial charge in [-0.15, -0.1) is 0 Å². The highest BCUT2D eigenvalue weighted by atomic mass is 16.5. The molecule has 21 heavy (non-hydrogen) atoms. The Kier molecular flexibility index (Phi) is 5.80. The zero-order valence-electron chi connectivity index (χ0n) is 13.3. The summed E-state index contributed by atoms with van der Waals surface area (Å²) in [5, 5.41) is 3.66. The minimum atomic E-state index is -0.0740. The maximum absolute atomic E-state index is 11.9. The van der Waals surface area contributed by atoms with Gasteiger partial charge in [0.15, 0.2) is 0 Å². The summed E-state index contributed by atoms with van der Waals surface area (Å²) >= 11 is 0. The smallest absolute Gasteiger partial charge is 0.307 e. The lowest BCUT2D eigenvalue weighted by Crippen LogP contribution is -2.48. The first-order valence-corrected chi connectivity index (χ1v) is 8.10. The monoisotopic (exact) mass is 289 g/mol. The number of esters is 1. The minimum absolute atomic E-state index is 0.0733. The van der Waals surface area contributed by atoms with Gasteiger partial charge in [0.25, 0.3) is 0 Å². The molecule has 0 heterocycles. The van der Waals surface area contributed by atoms with E-state index in [9.17, 15) is 4.79 Å². The van der Waals surface area contributed by atoms with Crippen molar-refractivity contribution in [2.24, 2.45) is 0 Å². The predicted octanol–water partition coefficient (Wildman–Crippen LogP) is 3.74. The van der Waals surface area contributed by atoms with Crippen molar-refractivity contribution >= 4 is 5.97 Å². The van der Waals surface area contributed by atoms with Crippen LogP contribution in [-0.2, 0) is 16.1 Å². The molecule has 3 heteroatoms. The van der Waals surface area contributed by atoms with Crippen LogP contribution in [0.15, 0.2) is 24.3 Å². The van der Waals surface area contributed by atoms with E-state index in [0.29, 0.717) is 13.0 Å². The van der Waals surface area contributed by atoms with Crippen LogP contribution in [0.25, 0.3) is 0 Å². The van der Waals surface area contributed by atoms with E-state index in [4.69, 9.17) is 4.74 Å². The fourth-order valence-electron chi connectivity index (χ4n) is 3.13. The third-order valence-electron chi connectivity index (χ3n) is 4.39. The van der Waals surface area contributed by atoms with Crippen molar-refractivity contribution in [1.29, 1.82) is 0 Å². The summed E-state index contributed by atoms with van der Waals surface area (Å²) in [6.45, 7) is 5.25. The molecule has 0 radical (unpaired) electrons. The van der Waals surface area contributed by atoms with Gasteiger partial charge in [0.05, 0.1) is 13.0 Å². The molecular formula is C18H27NO2. The SMILES string of the molecule is CCOC(=O)CC1(NCc2ccc(C)cc2)CCCCC1. The van der Waals surface area contributed by atoms with E-state index in [1.807, 2.05) is 6.92 Å². The number of carbonyl (C=O) groups excluding carboxylic acids is 1. The van der Waals surface area contributed by atoms with Crippen molar-refractivity contribution in [3.63, 3.8) is 0 Å². The molecule has 1 aromatic rings. The van der Waals surface area contributed by atoms with Gasteiger partial charge in [0.2, 0.25) is 0 Å². The molecule has 0 atom stereocenters. The van der Waals surface area contributed by atoms with E-state index >= 15 is 0 Å². The van der Waals surface area contributed by atoms with Crippen molar-refractivity contribution in [3.05, 3.63) is 35.4 Å². The normalized spacial score (nSPS) is 17.4. The lowest BCUT2D eigenvalue weighted by molar-refractivity contribution is -0.145. The van der Waals surface area contributed by atoms with Crippen LogP contribution in [0.1, 0.15) is 56.6 Å². The van der Waals surface area contributed by atoms with Gasteiger partial charge in [0.1, 0.15) is 0 Å². The molecule has 0 bridgehead atoms. The van der Waals surface area contributed by atoms with Crippen molar-refractivity contribution in [3.8, 4) is 0 Å².